The summed E-state index contributed by atoms with van der Waals surface area (Å²) < 4.78 is 6.18. The van der Waals surface area contributed by atoms with Crippen LogP contribution in [-0.2, 0) is 10.8 Å². The second-order valence-corrected chi connectivity index (χ2v) is 12.0. The molecule has 4 aromatic carbocycles. The Labute approximate surface area is 228 Å². The third-order valence-corrected chi connectivity index (χ3v) is 8.42. The van der Waals surface area contributed by atoms with E-state index in [0.29, 0.717) is 17.5 Å². The minimum Gasteiger partial charge on any atom is -0.456 e. The van der Waals surface area contributed by atoms with Gasteiger partial charge in [-0.3, -0.25) is 0 Å². The molecule has 0 amide bonds. The number of nitrogens with zero attached hydrogens (tertiary/aromatic N) is 3. The van der Waals surface area contributed by atoms with Gasteiger partial charge in [0.2, 0.25) is 0 Å². The Kier molecular flexibility index (Phi) is 5.25. The van der Waals surface area contributed by atoms with Crippen molar-refractivity contribution < 1.29 is 4.42 Å². The monoisotopic (exact) mass is 509 g/mol. The van der Waals surface area contributed by atoms with Crippen molar-refractivity contribution in [3.8, 4) is 34.2 Å². The molecule has 0 N–H and O–H groups in total. The first-order chi connectivity index (χ1) is 18.8. The van der Waals surface area contributed by atoms with Crippen molar-refractivity contribution >= 4 is 21.9 Å². The molecule has 6 aromatic rings. The van der Waals surface area contributed by atoms with Gasteiger partial charge in [0.25, 0.3) is 0 Å². The Morgan fingerprint density at radius 1 is 0.513 bits per heavy atom. The van der Waals surface area contributed by atoms with Crippen LogP contribution in [0.2, 0.25) is 0 Å². The topological polar surface area (TPSA) is 51.8 Å². The lowest BCUT2D eigenvalue weighted by Crippen LogP contribution is -2.33. The Bertz CT molecular complexity index is 1860. The van der Waals surface area contributed by atoms with Crippen molar-refractivity contribution in [3.05, 3.63) is 102 Å². The molecule has 0 atom stereocenters. The fourth-order valence-electron chi connectivity index (χ4n) is 5.94. The summed E-state index contributed by atoms with van der Waals surface area (Å²) in [5.74, 6) is 1.99. The van der Waals surface area contributed by atoms with Gasteiger partial charge in [0.05, 0.1) is 0 Å². The van der Waals surface area contributed by atoms with Gasteiger partial charge in [0.15, 0.2) is 17.5 Å². The average molecular weight is 510 g/mol. The number of hydrogen-bond donors (Lipinski definition) is 0. The summed E-state index contributed by atoms with van der Waals surface area (Å²) in [6, 6.07) is 31.3. The van der Waals surface area contributed by atoms with Crippen molar-refractivity contribution in [2.24, 2.45) is 0 Å². The maximum atomic E-state index is 6.18. The van der Waals surface area contributed by atoms with E-state index in [1.54, 1.807) is 0 Å². The summed E-state index contributed by atoms with van der Waals surface area (Å²) in [4.78, 5) is 14.9. The Morgan fingerprint density at radius 2 is 1.08 bits per heavy atom. The van der Waals surface area contributed by atoms with E-state index in [1.807, 2.05) is 54.6 Å². The first-order valence-corrected chi connectivity index (χ1v) is 13.7. The van der Waals surface area contributed by atoms with Crippen molar-refractivity contribution in [2.45, 2.75) is 51.4 Å². The molecule has 1 aliphatic rings. The average Bonchev–Trinajstić information content (AvgIpc) is 3.33. The molecule has 0 bridgehead atoms. The van der Waals surface area contributed by atoms with Gasteiger partial charge in [-0.05, 0) is 59.1 Å². The SMILES string of the molecule is CC1(C)CCC(C)(C)c2cc(-c3nc(-c4ccccc4)nc(-c4ccc5c(c4)oc4ccccc45)n3)ccc21. The lowest BCUT2D eigenvalue weighted by molar-refractivity contribution is 0.332. The lowest BCUT2D eigenvalue weighted by Gasteiger charge is -2.42. The summed E-state index contributed by atoms with van der Waals surface area (Å²) in [7, 11) is 0. The number of aromatic nitrogens is 3. The largest absolute Gasteiger partial charge is 0.456 e. The molecule has 0 radical (unpaired) electrons. The van der Waals surface area contributed by atoms with Gasteiger partial charge in [0, 0.05) is 27.5 Å². The summed E-state index contributed by atoms with van der Waals surface area (Å²) in [6.07, 6.45) is 2.34. The summed E-state index contributed by atoms with van der Waals surface area (Å²) in [5.41, 5.74) is 7.67. The number of para-hydroxylation sites is 1. The van der Waals surface area contributed by atoms with Gasteiger partial charge in [0.1, 0.15) is 11.2 Å². The maximum absolute atomic E-state index is 6.18. The van der Waals surface area contributed by atoms with Crippen LogP contribution in [0.25, 0.3) is 56.1 Å². The fourth-order valence-corrected chi connectivity index (χ4v) is 5.94. The summed E-state index contributed by atoms with van der Waals surface area (Å²) in [5, 5.41) is 2.20. The van der Waals surface area contributed by atoms with Crippen LogP contribution in [-0.4, -0.2) is 15.0 Å². The molecule has 0 aliphatic heterocycles. The zero-order chi connectivity index (χ0) is 26.8. The van der Waals surface area contributed by atoms with Crippen molar-refractivity contribution in [3.63, 3.8) is 0 Å². The van der Waals surface area contributed by atoms with Crippen LogP contribution in [0.3, 0.4) is 0 Å². The molecule has 4 nitrogen and oxygen atoms in total. The minimum absolute atomic E-state index is 0.102. The molecule has 0 saturated carbocycles. The second kappa shape index (κ2) is 8.60. The quantitative estimate of drug-likeness (QED) is 0.239. The number of hydrogen-bond acceptors (Lipinski definition) is 4. The first-order valence-electron chi connectivity index (χ1n) is 13.7. The Morgan fingerprint density at radius 3 is 1.82 bits per heavy atom. The second-order valence-electron chi connectivity index (χ2n) is 12.0. The maximum Gasteiger partial charge on any atom is 0.164 e. The minimum atomic E-state index is 0.102. The molecule has 7 rings (SSSR count). The van der Waals surface area contributed by atoms with Gasteiger partial charge in [-0.25, -0.2) is 15.0 Å². The van der Waals surface area contributed by atoms with Gasteiger partial charge < -0.3 is 4.42 Å². The molecule has 4 heteroatoms. The molecule has 0 saturated heterocycles. The molecule has 2 aromatic heterocycles. The molecule has 2 heterocycles. The zero-order valence-electron chi connectivity index (χ0n) is 22.8. The lowest BCUT2D eigenvalue weighted by atomic mass is 9.63. The molecule has 1 aliphatic carbocycles. The van der Waals surface area contributed by atoms with Crippen LogP contribution in [0.5, 0.6) is 0 Å². The first kappa shape index (κ1) is 23.8. The summed E-state index contributed by atoms with van der Waals surface area (Å²) >= 11 is 0. The van der Waals surface area contributed by atoms with Gasteiger partial charge in [-0.2, -0.15) is 0 Å². The third-order valence-electron chi connectivity index (χ3n) is 8.42. The summed E-state index contributed by atoms with van der Waals surface area (Å²) in [6.45, 7) is 9.40. The van der Waals surface area contributed by atoms with Crippen molar-refractivity contribution in [1.29, 1.82) is 0 Å². The molecule has 39 heavy (non-hydrogen) atoms. The molecular weight excluding hydrogens is 478 g/mol. The van der Waals surface area contributed by atoms with E-state index in [0.717, 1.165) is 45.0 Å². The molecule has 0 unspecified atom stereocenters. The third kappa shape index (κ3) is 4.02. The number of benzene rings is 4. The highest BCUT2D eigenvalue weighted by atomic mass is 16.3. The highest BCUT2D eigenvalue weighted by molar-refractivity contribution is 6.05. The van der Waals surface area contributed by atoms with Crippen LogP contribution < -0.4 is 0 Å². The molecule has 0 spiro atoms. The van der Waals surface area contributed by atoms with E-state index < -0.39 is 0 Å². The van der Waals surface area contributed by atoms with Crippen molar-refractivity contribution in [2.75, 3.05) is 0 Å². The molecule has 192 valence electrons. The van der Waals surface area contributed by atoms with E-state index in [4.69, 9.17) is 19.4 Å². The Balaban J connectivity index is 1.42. The number of furan rings is 1. The standard InChI is InChI=1S/C35H31N3O/c1-34(2)18-19-35(3,4)28-20-23(15-17-27(28)34)32-36-31(22-10-6-5-7-11-22)37-33(38-32)24-14-16-26-25-12-8-9-13-29(25)39-30(26)21-24/h5-17,20-21H,18-19H2,1-4H3. The molecular formula is C35H31N3O. The van der Waals surface area contributed by atoms with Crippen LogP contribution >= 0.6 is 0 Å². The normalized spacial score (nSPS) is 15.9. The van der Waals surface area contributed by atoms with Crippen LogP contribution in [0.15, 0.2) is 95.4 Å². The fraction of sp³-hybridized carbons (Fsp3) is 0.229. The number of fused-ring (bicyclic) bond motifs is 4. The van der Waals surface area contributed by atoms with E-state index >= 15 is 0 Å². The predicted octanol–water partition coefficient (Wildman–Crippen LogP) is 9.12. The van der Waals surface area contributed by atoms with Crippen LogP contribution in [0.4, 0.5) is 0 Å². The zero-order valence-corrected chi connectivity index (χ0v) is 22.8. The smallest absolute Gasteiger partial charge is 0.164 e. The molecule has 0 fully saturated rings. The van der Waals surface area contributed by atoms with Crippen molar-refractivity contribution in [1.82, 2.24) is 15.0 Å². The van der Waals surface area contributed by atoms with E-state index in [2.05, 4.69) is 64.1 Å². The predicted molar refractivity (Wildman–Crippen MR) is 159 cm³/mol. The van der Waals surface area contributed by atoms with Gasteiger partial charge in [-0.15, -0.1) is 0 Å². The Hall–Kier alpha value is -4.31. The highest BCUT2D eigenvalue weighted by Crippen LogP contribution is 2.46. The van der Waals surface area contributed by atoms with E-state index in [-0.39, 0.29) is 10.8 Å². The van der Waals surface area contributed by atoms with Crippen LogP contribution in [0.1, 0.15) is 51.7 Å². The van der Waals surface area contributed by atoms with Gasteiger partial charge >= 0.3 is 0 Å². The van der Waals surface area contributed by atoms with Crippen LogP contribution in [0, 0.1) is 0 Å². The van der Waals surface area contributed by atoms with Gasteiger partial charge in [-0.1, -0.05) is 94.4 Å². The van der Waals surface area contributed by atoms with E-state index in [9.17, 15) is 0 Å². The van der Waals surface area contributed by atoms with E-state index in [1.165, 1.54) is 17.5 Å². The number of rotatable bonds is 3. The highest BCUT2D eigenvalue weighted by Gasteiger charge is 2.37.